The molecule has 0 saturated heterocycles. The van der Waals surface area contributed by atoms with Gasteiger partial charge in [-0.1, -0.05) is 37.2 Å². The SMILES string of the molecule is CCC(CC)(CN)c1nc(Cc2ccccc2OC)no1. The second kappa shape index (κ2) is 6.72. The van der Waals surface area contributed by atoms with E-state index in [0.29, 0.717) is 24.7 Å². The van der Waals surface area contributed by atoms with Crippen LogP contribution in [0.3, 0.4) is 0 Å². The van der Waals surface area contributed by atoms with Crippen molar-refractivity contribution in [3.8, 4) is 5.75 Å². The fourth-order valence-corrected chi connectivity index (χ4v) is 2.49. The van der Waals surface area contributed by atoms with Gasteiger partial charge in [-0.05, 0) is 18.9 Å². The standard InChI is InChI=1S/C16H23N3O2/c1-4-16(5-2,11-17)15-18-14(19-21-15)10-12-8-6-7-9-13(12)20-3/h6-9H,4-5,10-11,17H2,1-3H3. The maximum absolute atomic E-state index is 5.92. The van der Waals surface area contributed by atoms with Crippen LogP contribution in [0.4, 0.5) is 0 Å². The number of ether oxygens (including phenoxy) is 1. The van der Waals surface area contributed by atoms with E-state index in [4.69, 9.17) is 15.0 Å². The molecule has 0 aliphatic heterocycles. The van der Waals surface area contributed by atoms with Crippen LogP contribution in [0.15, 0.2) is 28.8 Å². The van der Waals surface area contributed by atoms with Crippen LogP contribution in [0.2, 0.25) is 0 Å². The Labute approximate surface area is 125 Å². The minimum atomic E-state index is -0.216. The molecule has 0 saturated carbocycles. The highest BCUT2D eigenvalue weighted by atomic mass is 16.5. The molecule has 0 spiro atoms. The van der Waals surface area contributed by atoms with E-state index in [0.717, 1.165) is 24.2 Å². The van der Waals surface area contributed by atoms with Crippen molar-refractivity contribution in [3.63, 3.8) is 0 Å². The number of hydrogen-bond donors (Lipinski definition) is 1. The van der Waals surface area contributed by atoms with Crippen molar-refractivity contribution in [2.24, 2.45) is 5.73 Å². The molecule has 0 fully saturated rings. The van der Waals surface area contributed by atoms with Crippen molar-refractivity contribution in [2.45, 2.75) is 38.5 Å². The van der Waals surface area contributed by atoms with Gasteiger partial charge in [0.25, 0.3) is 0 Å². The first kappa shape index (κ1) is 15.5. The Kier molecular flexibility index (Phi) is 4.96. The highest BCUT2D eigenvalue weighted by Crippen LogP contribution is 2.29. The molecule has 1 aromatic heterocycles. The number of methoxy groups -OCH3 is 1. The largest absolute Gasteiger partial charge is 0.496 e. The average Bonchev–Trinajstić information content (AvgIpc) is 2.99. The van der Waals surface area contributed by atoms with Crippen molar-refractivity contribution in [3.05, 3.63) is 41.5 Å². The molecule has 0 aliphatic carbocycles. The number of para-hydroxylation sites is 1. The zero-order valence-electron chi connectivity index (χ0n) is 12.9. The number of aromatic nitrogens is 2. The highest BCUT2D eigenvalue weighted by molar-refractivity contribution is 5.35. The zero-order valence-corrected chi connectivity index (χ0v) is 12.9. The van der Waals surface area contributed by atoms with Gasteiger partial charge in [-0.3, -0.25) is 0 Å². The molecule has 0 aliphatic rings. The highest BCUT2D eigenvalue weighted by Gasteiger charge is 2.33. The van der Waals surface area contributed by atoms with E-state index >= 15 is 0 Å². The molecule has 5 nitrogen and oxygen atoms in total. The third-order valence-electron chi connectivity index (χ3n) is 4.21. The van der Waals surface area contributed by atoms with E-state index in [1.54, 1.807) is 7.11 Å². The topological polar surface area (TPSA) is 74.2 Å². The van der Waals surface area contributed by atoms with Crippen molar-refractivity contribution >= 4 is 0 Å². The van der Waals surface area contributed by atoms with Crippen LogP contribution in [-0.2, 0) is 11.8 Å². The van der Waals surface area contributed by atoms with Crippen molar-refractivity contribution in [2.75, 3.05) is 13.7 Å². The van der Waals surface area contributed by atoms with Gasteiger partial charge < -0.3 is 15.0 Å². The molecular formula is C16H23N3O2. The quantitative estimate of drug-likeness (QED) is 0.848. The van der Waals surface area contributed by atoms with Gasteiger partial charge in [-0.25, -0.2) is 0 Å². The van der Waals surface area contributed by atoms with E-state index < -0.39 is 0 Å². The predicted molar refractivity (Wildman–Crippen MR) is 81.4 cm³/mol. The van der Waals surface area contributed by atoms with Crippen LogP contribution in [0.5, 0.6) is 5.75 Å². The lowest BCUT2D eigenvalue weighted by Crippen LogP contribution is -2.34. The fraction of sp³-hybridized carbons (Fsp3) is 0.500. The summed E-state index contributed by atoms with van der Waals surface area (Å²) >= 11 is 0. The Balaban J connectivity index is 2.24. The predicted octanol–water partition coefficient (Wildman–Crippen LogP) is 2.69. The number of benzene rings is 1. The molecule has 21 heavy (non-hydrogen) atoms. The van der Waals surface area contributed by atoms with Crippen LogP contribution < -0.4 is 10.5 Å². The van der Waals surface area contributed by atoms with Gasteiger partial charge in [-0.15, -0.1) is 0 Å². The number of nitrogens with zero attached hydrogens (tertiary/aromatic N) is 2. The van der Waals surface area contributed by atoms with Crippen molar-refractivity contribution in [1.29, 1.82) is 0 Å². The lowest BCUT2D eigenvalue weighted by Gasteiger charge is -2.24. The fourth-order valence-electron chi connectivity index (χ4n) is 2.49. The molecule has 0 radical (unpaired) electrons. The first-order chi connectivity index (χ1) is 10.2. The summed E-state index contributed by atoms with van der Waals surface area (Å²) < 4.78 is 10.8. The molecule has 0 amide bonds. The maximum atomic E-state index is 5.92. The van der Waals surface area contributed by atoms with Crippen LogP contribution in [-0.4, -0.2) is 23.8 Å². The molecular weight excluding hydrogens is 266 g/mol. The average molecular weight is 289 g/mol. The third kappa shape index (κ3) is 3.08. The first-order valence-corrected chi connectivity index (χ1v) is 7.34. The Bertz CT molecular complexity index is 568. The summed E-state index contributed by atoms with van der Waals surface area (Å²) in [6.45, 7) is 4.71. The van der Waals surface area contributed by atoms with Crippen LogP contribution in [0, 0.1) is 0 Å². The summed E-state index contributed by atoms with van der Waals surface area (Å²) in [4.78, 5) is 4.55. The Morgan fingerprint density at radius 2 is 1.95 bits per heavy atom. The van der Waals surface area contributed by atoms with Crippen LogP contribution >= 0.6 is 0 Å². The second-order valence-electron chi connectivity index (χ2n) is 5.20. The molecule has 0 atom stereocenters. The van der Waals surface area contributed by atoms with Crippen molar-refractivity contribution in [1.82, 2.24) is 10.1 Å². The Morgan fingerprint density at radius 3 is 2.57 bits per heavy atom. The van der Waals surface area contributed by atoms with Gasteiger partial charge in [0.05, 0.1) is 12.5 Å². The normalized spacial score (nSPS) is 11.6. The number of hydrogen-bond acceptors (Lipinski definition) is 5. The van der Waals surface area contributed by atoms with Gasteiger partial charge >= 0.3 is 0 Å². The second-order valence-corrected chi connectivity index (χ2v) is 5.20. The van der Waals surface area contributed by atoms with Gasteiger partial charge in [0.2, 0.25) is 5.89 Å². The minimum absolute atomic E-state index is 0.216. The van der Waals surface area contributed by atoms with E-state index in [-0.39, 0.29) is 5.41 Å². The summed E-state index contributed by atoms with van der Waals surface area (Å²) in [7, 11) is 1.66. The van der Waals surface area contributed by atoms with Crippen LogP contribution in [0.1, 0.15) is 44.0 Å². The van der Waals surface area contributed by atoms with Crippen LogP contribution in [0.25, 0.3) is 0 Å². The van der Waals surface area contributed by atoms with Gasteiger partial charge in [0.15, 0.2) is 5.82 Å². The monoisotopic (exact) mass is 289 g/mol. The summed E-state index contributed by atoms with van der Waals surface area (Å²) in [6, 6.07) is 7.85. The van der Waals surface area contributed by atoms with E-state index in [1.165, 1.54) is 0 Å². The zero-order chi connectivity index (χ0) is 15.3. The summed E-state index contributed by atoms with van der Waals surface area (Å²) in [5.74, 6) is 2.13. The molecule has 2 rings (SSSR count). The Morgan fingerprint density at radius 1 is 1.24 bits per heavy atom. The molecule has 0 bridgehead atoms. The molecule has 2 aromatic rings. The summed E-state index contributed by atoms with van der Waals surface area (Å²) in [5, 5.41) is 4.10. The number of nitrogens with two attached hydrogens (primary N) is 1. The molecule has 114 valence electrons. The molecule has 1 aromatic carbocycles. The van der Waals surface area contributed by atoms with Gasteiger partial charge in [0, 0.05) is 18.5 Å². The molecule has 1 heterocycles. The Hall–Kier alpha value is -1.88. The first-order valence-electron chi connectivity index (χ1n) is 7.34. The molecule has 2 N–H and O–H groups in total. The molecule has 0 unspecified atom stereocenters. The van der Waals surface area contributed by atoms with E-state index in [2.05, 4.69) is 24.0 Å². The summed E-state index contributed by atoms with van der Waals surface area (Å²) in [6.07, 6.45) is 2.36. The van der Waals surface area contributed by atoms with Crippen molar-refractivity contribution < 1.29 is 9.26 Å². The maximum Gasteiger partial charge on any atom is 0.234 e. The lowest BCUT2D eigenvalue weighted by atomic mass is 9.82. The van der Waals surface area contributed by atoms with Gasteiger partial charge in [-0.2, -0.15) is 4.98 Å². The minimum Gasteiger partial charge on any atom is -0.496 e. The summed E-state index contributed by atoms with van der Waals surface area (Å²) in [5.41, 5.74) is 6.74. The number of rotatable bonds is 7. The smallest absolute Gasteiger partial charge is 0.234 e. The lowest BCUT2D eigenvalue weighted by molar-refractivity contribution is 0.266. The molecule has 5 heteroatoms. The third-order valence-corrected chi connectivity index (χ3v) is 4.21. The van der Waals surface area contributed by atoms with E-state index in [9.17, 15) is 0 Å². The van der Waals surface area contributed by atoms with Gasteiger partial charge in [0.1, 0.15) is 5.75 Å². The van der Waals surface area contributed by atoms with E-state index in [1.807, 2.05) is 24.3 Å².